The highest BCUT2D eigenvalue weighted by molar-refractivity contribution is 7.25. The van der Waals surface area contributed by atoms with Crippen molar-refractivity contribution in [2.75, 3.05) is 0 Å². The fraction of sp³-hybridized carbons (Fsp3) is 0. The zero-order valence-electron chi connectivity index (χ0n) is 18.0. The van der Waals surface area contributed by atoms with Gasteiger partial charge in [-0.3, -0.25) is 19.5 Å². The molecule has 0 atom stereocenters. The SMILES string of the molecule is c1ccc(-c2cc(-n3c4cccnc4c4c5ccccc5sc43)cc(-c3ccccn3)n2)nc1. The number of rotatable bonds is 3. The molecular formula is C28H17N5S. The molecule has 0 spiro atoms. The van der Waals surface area contributed by atoms with Crippen molar-refractivity contribution < 1.29 is 0 Å². The van der Waals surface area contributed by atoms with Crippen molar-refractivity contribution in [3.63, 3.8) is 0 Å². The van der Waals surface area contributed by atoms with Crippen LogP contribution in [0, 0.1) is 0 Å². The molecule has 0 N–H and O–H groups in total. The molecule has 1 aromatic carbocycles. The first kappa shape index (κ1) is 19.1. The average molecular weight is 456 g/mol. The van der Waals surface area contributed by atoms with Gasteiger partial charge in [-0.05, 0) is 54.6 Å². The van der Waals surface area contributed by atoms with Crippen LogP contribution in [0.15, 0.2) is 104 Å². The van der Waals surface area contributed by atoms with E-state index in [0.29, 0.717) is 0 Å². The van der Waals surface area contributed by atoms with Crippen LogP contribution in [0.5, 0.6) is 0 Å². The molecule has 0 fully saturated rings. The largest absolute Gasteiger partial charge is 0.299 e. The molecule has 0 radical (unpaired) electrons. The van der Waals surface area contributed by atoms with E-state index in [-0.39, 0.29) is 0 Å². The monoisotopic (exact) mass is 455 g/mol. The Morgan fingerprint density at radius 2 is 1.29 bits per heavy atom. The maximum atomic E-state index is 4.94. The van der Waals surface area contributed by atoms with Crippen LogP contribution in [0.1, 0.15) is 0 Å². The molecule has 160 valence electrons. The highest BCUT2D eigenvalue weighted by Crippen LogP contribution is 2.42. The predicted molar refractivity (Wildman–Crippen MR) is 138 cm³/mol. The molecule has 5 nitrogen and oxygen atoms in total. The van der Waals surface area contributed by atoms with Gasteiger partial charge in [0.15, 0.2) is 0 Å². The summed E-state index contributed by atoms with van der Waals surface area (Å²) in [6.45, 7) is 0. The van der Waals surface area contributed by atoms with E-state index in [4.69, 9.17) is 9.97 Å². The van der Waals surface area contributed by atoms with Crippen LogP contribution in [0.2, 0.25) is 0 Å². The molecule has 0 unspecified atom stereocenters. The Labute approximate surface area is 199 Å². The Balaban J connectivity index is 1.59. The predicted octanol–water partition coefficient (Wildman–Crippen LogP) is 6.91. The van der Waals surface area contributed by atoms with Crippen molar-refractivity contribution >= 4 is 42.7 Å². The lowest BCUT2D eigenvalue weighted by atomic mass is 10.1. The molecule has 0 amide bonds. The summed E-state index contributed by atoms with van der Waals surface area (Å²) in [6.07, 6.45) is 5.45. The molecule has 0 aliphatic carbocycles. The highest BCUT2D eigenvalue weighted by atomic mass is 32.1. The summed E-state index contributed by atoms with van der Waals surface area (Å²) in [7, 11) is 0. The average Bonchev–Trinajstić information content (AvgIpc) is 3.44. The molecule has 7 aromatic rings. The van der Waals surface area contributed by atoms with Gasteiger partial charge in [0.2, 0.25) is 0 Å². The molecule has 0 aliphatic heterocycles. The zero-order valence-corrected chi connectivity index (χ0v) is 18.8. The molecule has 6 heteroatoms. The van der Waals surface area contributed by atoms with Gasteiger partial charge >= 0.3 is 0 Å². The van der Waals surface area contributed by atoms with Crippen molar-refractivity contribution in [1.82, 2.24) is 24.5 Å². The van der Waals surface area contributed by atoms with Gasteiger partial charge in [-0.25, -0.2) is 4.98 Å². The van der Waals surface area contributed by atoms with E-state index in [1.807, 2.05) is 48.7 Å². The molecule has 34 heavy (non-hydrogen) atoms. The molecule has 7 rings (SSSR count). The zero-order chi connectivity index (χ0) is 22.5. The fourth-order valence-electron chi connectivity index (χ4n) is 4.49. The summed E-state index contributed by atoms with van der Waals surface area (Å²) in [6, 6.07) is 28.6. The van der Waals surface area contributed by atoms with E-state index in [1.165, 1.54) is 20.3 Å². The Morgan fingerprint density at radius 3 is 2.00 bits per heavy atom. The van der Waals surface area contributed by atoms with E-state index in [1.54, 1.807) is 23.7 Å². The minimum absolute atomic E-state index is 0.804. The summed E-state index contributed by atoms with van der Waals surface area (Å²) in [5.74, 6) is 0. The van der Waals surface area contributed by atoms with Crippen molar-refractivity contribution in [3.05, 3.63) is 104 Å². The van der Waals surface area contributed by atoms with Crippen molar-refractivity contribution in [2.24, 2.45) is 0 Å². The van der Waals surface area contributed by atoms with Gasteiger partial charge in [-0.2, -0.15) is 0 Å². The summed E-state index contributed by atoms with van der Waals surface area (Å²) in [5.41, 5.74) is 6.34. The van der Waals surface area contributed by atoms with E-state index < -0.39 is 0 Å². The minimum atomic E-state index is 0.804. The Hall–Kier alpha value is -4.42. The second-order valence-corrected chi connectivity index (χ2v) is 9.04. The first-order chi connectivity index (χ1) is 16.9. The lowest BCUT2D eigenvalue weighted by Crippen LogP contribution is -1.99. The van der Waals surface area contributed by atoms with Gasteiger partial charge in [-0.1, -0.05) is 30.3 Å². The van der Waals surface area contributed by atoms with Gasteiger partial charge in [0.25, 0.3) is 0 Å². The van der Waals surface area contributed by atoms with Crippen LogP contribution in [0.4, 0.5) is 0 Å². The Kier molecular flexibility index (Phi) is 4.25. The number of hydrogen-bond acceptors (Lipinski definition) is 5. The summed E-state index contributed by atoms with van der Waals surface area (Å²) in [5, 5.41) is 2.42. The number of benzene rings is 1. The number of nitrogens with zero attached hydrogens (tertiary/aromatic N) is 5. The summed E-state index contributed by atoms with van der Waals surface area (Å²) < 4.78 is 3.54. The van der Waals surface area contributed by atoms with Crippen LogP contribution < -0.4 is 0 Å². The van der Waals surface area contributed by atoms with Crippen LogP contribution in [0.25, 0.3) is 59.8 Å². The molecular weight excluding hydrogens is 438 g/mol. The van der Waals surface area contributed by atoms with E-state index in [2.05, 4.69) is 57.0 Å². The smallest absolute Gasteiger partial charge is 0.111 e. The Bertz CT molecular complexity index is 1750. The summed E-state index contributed by atoms with van der Waals surface area (Å²) in [4.78, 5) is 20.0. The number of aromatic nitrogens is 5. The standard InChI is InChI=1S/C28H17N5S/c1-2-12-25-19(8-1)26-27-24(11-7-15-31-27)33(28(26)34-25)18-16-22(20-9-3-5-13-29-20)32-23(17-18)21-10-4-6-14-30-21/h1-17H. The summed E-state index contributed by atoms with van der Waals surface area (Å²) >= 11 is 1.78. The quantitative estimate of drug-likeness (QED) is 0.290. The number of hydrogen-bond donors (Lipinski definition) is 0. The van der Waals surface area contributed by atoms with Gasteiger partial charge < -0.3 is 0 Å². The lowest BCUT2D eigenvalue weighted by molar-refractivity contribution is 1.15. The van der Waals surface area contributed by atoms with Crippen LogP contribution in [0.3, 0.4) is 0 Å². The van der Waals surface area contributed by atoms with E-state index >= 15 is 0 Å². The Morgan fingerprint density at radius 1 is 0.618 bits per heavy atom. The minimum Gasteiger partial charge on any atom is -0.299 e. The molecule has 6 heterocycles. The maximum Gasteiger partial charge on any atom is 0.111 e. The van der Waals surface area contributed by atoms with E-state index in [9.17, 15) is 0 Å². The van der Waals surface area contributed by atoms with Crippen LogP contribution in [-0.2, 0) is 0 Å². The van der Waals surface area contributed by atoms with E-state index in [0.717, 1.165) is 39.5 Å². The van der Waals surface area contributed by atoms with Crippen LogP contribution in [-0.4, -0.2) is 24.5 Å². The van der Waals surface area contributed by atoms with Gasteiger partial charge in [-0.15, -0.1) is 11.3 Å². The van der Waals surface area contributed by atoms with Gasteiger partial charge in [0, 0.05) is 34.1 Å². The molecule has 0 aliphatic rings. The van der Waals surface area contributed by atoms with Gasteiger partial charge in [0.1, 0.15) is 4.83 Å². The lowest BCUT2D eigenvalue weighted by Gasteiger charge is -2.11. The maximum absolute atomic E-state index is 4.94. The van der Waals surface area contributed by atoms with Crippen LogP contribution >= 0.6 is 11.3 Å². The number of fused-ring (bicyclic) bond motifs is 5. The fourth-order valence-corrected chi connectivity index (χ4v) is 5.73. The first-order valence-electron chi connectivity index (χ1n) is 11.0. The molecule has 0 saturated heterocycles. The third-order valence-corrected chi connectivity index (χ3v) is 7.12. The highest BCUT2D eigenvalue weighted by Gasteiger charge is 2.20. The van der Waals surface area contributed by atoms with Crippen molar-refractivity contribution in [2.45, 2.75) is 0 Å². The molecule has 6 aromatic heterocycles. The topological polar surface area (TPSA) is 56.5 Å². The third-order valence-electron chi connectivity index (χ3n) is 5.97. The molecule has 0 saturated carbocycles. The third kappa shape index (κ3) is 2.93. The number of thiophene rings is 1. The van der Waals surface area contributed by atoms with Crippen molar-refractivity contribution in [3.8, 4) is 28.5 Å². The first-order valence-corrected chi connectivity index (χ1v) is 11.8. The second-order valence-electron chi connectivity index (χ2n) is 8.01. The van der Waals surface area contributed by atoms with Crippen molar-refractivity contribution in [1.29, 1.82) is 0 Å². The molecule has 0 bridgehead atoms. The second kappa shape index (κ2) is 7.57. The normalized spacial score (nSPS) is 11.5. The van der Waals surface area contributed by atoms with Gasteiger partial charge in [0.05, 0.1) is 39.5 Å². The number of pyridine rings is 4.